The Hall–Kier alpha value is -3.67. The number of carboxylic acids is 3. The third kappa shape index (κ3) is 34.8. The number of carbonyl (C=O) groups is 7. The second kappa shape index (κ2) is 36.9. The number of likely N-dealkylation sites (N-methyl/N-ethyl adjacent to an activating group) is 1. The molecule has 0 heterocycles. The monoisotopic (exact) mass is 802 g/mol. The van der Waals surface area contributed by atoms with E-state index in [9.17, 15) is 38.7 Å². The van der Waals surface area contributed by atoms with Gasteiger partial charge in [-0.05, 0) is 58.4 Å². The second-order valence-electron chi connectivity index (χ2n) is 13.8. The predicted octanol–water partition coefficient (Wildman–Crippen LogP) is 3.21. The number of hydrogen-bond acceptors (Lipinski definition) is 11. The first kappa shape index (κ1) is 52.3. The molecule has 0 aliphatic rings. The maximum atomic E-state index is 12.3. The fourth-order valence-electron chi connectivity index (χ4n) is 5.57. The molecule has 0 rings (SSSR count). The number of rotatable bonds is 41. The molecule has 0 saturated carbocycles. The zero-order valence-corrected chi connectivity index (χ0v) is 33.6. The van der Waals surface area contributed by atoms with Crippen LogP contribution in [0.5, 0.6) is 0 Å². The zero-order chi connectivity index (χ0) is 41.7. The summed E-state index contributed by atoms with van der Waals surface area (Å²) in [5.74, 6) is -4.83. The number of ketones is 1. The first-order valence-corrected chi connectivity index (χ1v) is 20.4. The molecule has 0 aromatic heterocycles. The number of carbonyl (C=O) groups excluding carboxylic acids is 4. The Labute approximate surface area is 332 Å². The highest BCUT2D eigenvalue weighted by molar-refractivity contribution is 5.87. The number of aliphatic carboxylic acids is 3. The third-order valence-electron chi connectivity index (χ3n) is 8.93. The van der Waals surface area contributed by atoms with E-state index in [1.807, 2.05) is 0 Å². The van der Waals surface area contributed by atoms with Crippen LogP contribution < -0.4 is 21.3 Å². The standard InChI is InChI=1S/C39H70N4O13/c1-40-33(39(52)53)14-10-11-21-41-35(46)19-17-31(38(50)51)30-32(44)18-20-36(47)43-23-13-25-55-27-29-56-28-26-54-24-12-22-42-34(45)15-8-6-4-2-3-5-7-9-16-37(48)49/h31,33,40H,2-30H2,1H3,(H,41,46)(H,42,45)(H,43,47)(H,48,49)(H,50,51)(H,52,53)/t31-,33+/m1/s1. The van der Waals surface area contributed by atoms with E-state index < -0.39 is 29.9 Å². The summed E-state index contributed by atoms with van der Waals surface area (Å²) in [6.07, 6.45) is 11.2. The van der Waals surface area contributed by atoms with Gasteiger partial charge in [0.1, 0.15) is 11.8 Å². The van der Waals surface area contributed by atoms with Crippen molar-refractivity contribution in [3.8, 4) is 0 Å². The number of hydrogen-bond donors (Lipinski definition) is 7. The van der Waals surface area contributed by atoms with E-state index in [-0.39, 0.29) is 62.0 Å². The minimum atomic E-state index is -1.18. The van der Waals surface area contributed by atoms with Crippen LogP contribution in [0.2, 0.25) is 0 Å². The minimum absolute atomic E-state index is 0.00757. The van der Waals surface area contributed by atoms with Crippen LogP contribution in [0.25, 0.3) is 0 Å². The molecule has 0 aliphatic carbocycles. The SMILES string of the molecule is CN[C@@H](CCCCNC(=O)CC[C@H](CC(=O)CCC(=O)NCCCOCCOCCOCCCNC(=O)CCCCCCCCCCC(=O)O)C(=O)O)C(=O)O. The number of Topliss-reactive ketones (excluding diaryl/α,β-unsaturated/α-hetero) is 1. The minimum Gasteiger partial charge on any atom is -0.481 e. The Morgan fingerprint density at radius 2 is 0.929 bits per heavy atom. The molecule has 0 aromatic carbocycles. The van der Waals surface area contributed by atoms with Crippen molar-refractivity contribution in [3.05, 3.63) is 0 Å². The summed E-state index contributed by atoms with van der Waals surface area (Å²) in [7, 11) is 1.57. The van der Waals surface area contributed by atoms with E-state index in [2.05, 4.69) is 21.3 Å². The molecule has 2 atom stereocenters. The van der Waals surface area contributed by atoms with Gasteiger partial charge in [-0.2, -0.15) is 0 Å². The Balaban J connectivity index is 3.64. The summed E-state index contributed by atoms with van der Waals surface area (Å²) in [6.45, 7) is 3.87. The number of nitrogens with one attached hydrogen (secondary N) is 4. The molecule has 56 heavy (non-hydrogen) atoms. The lowest BCUT2D eigenvalue weighted by molar-refractivity contribution is -0.144. The molecule has 7 N–H and O–H groups in total. The van der Waals surface area contributed by atoms with Crippen LogP contribution in [0, 0.1) is 5.92 Å². The lowest BCUT2D eigenvalue weighted by atomic mass is 9.95. The predicted molar refractivity (Wildman–Crippen MR) is 208 cm³/mol. The van der Waals surface area contributed by atoms with Gasteiger partial charge in [0, 0.05) is 71.4 Å². The third-order valence-corrected chi connectivity index (χ3v) is 8.93. The maximum absolute atomic E-state index is 12.3. The van der Waals surface area contributed by atoms with Crippen molar-refractivity contribution < 1.29 is 63.1 Å². The van der Waals surface area contributed by atoms with Gasteiger partial charge in [0.15, 0.2) is 0 Å². The smallest absolute Gasteiger partial charge is 0.320 e. The highest BCUT2D eigenvalue weighted by Gasteiger charge is 2.22. The number of carboxylic acid groups (broad SMARTS) is 3. The normalized spacial score (nSPS) is 12.1. The number of amides is 3. The van der Waals surface area contributed by atoms with Gasteiger partial charge in [-0.15, -0.1) is 0 Å². The van der Waals surface area contributed by atoms with Crippen LogP contribution in [0.15, 0.2) is 0 Å². The molecule has 324 valence electrons. The maximum Gasteiger partial charge on any atom is 0.320 e. The first-order chi connectivity index (χ1) is 27.0. The molecule has 0 spiro atoms. The van der Waals surface area contributed by atoms with E-state index in [1.165, 1.54) is 0 Å². The molecule has 0 saturated heterocycles. The molecule has 0 fully saturated rings. The highest BCUT2D eigenvalue weighted by atomic mass is 16.5. The summed E-state index contributed by atoms with van der Waals surface area (Å²) >= 11 is 0. The van der Waals surface area contributed by atoms with Crippen molar-refractivity contribution in [2.24, 2.45) is 5.92 Å². The van der Waals surface area contributed by atoms with Crippen LogP contribution in [0.4, 0.5) is 0 Å². The van der Waals surface area contributed by atoms with Crippen molar-refractivity contribution in [1.82, 2.24) is 21.3 Å². The van der Waals surface area contributed by atoms with Crippen molar-refractivity contribution in [1.29, 1.82) is 0 Å². The van der Waals surface area contributed by atoms with Crippen molar-refractivity contribution in [2.75, 3.05) is 66.3 Å². The highest BCUT2D eigenvalue weighted by Crippen LogP contribution is 2.15. The van der Waals surface area contributed by atoms with Gasteiger partial charge in [0.25, 0.3) is 0 Å². The number of unbranched alkanes of at least 4 members (excludes halogenated alkanes) is 8. The van der Waals surface area contributed by atoms with Gasteiger partial charge in [-0.3, -0.25) is 33.6 Å². The van der Waals surface area contributed by atoms with E-state index in [0.29, 0.717) is 91.4 Å². The Morgan fingerprint density at radius 3 is 1.43 bits per heavy atom. The quantitative estimate of drug-likeness (QED) is 0.0439. The van der Waals surface area contributed by atoms with Crippen molar-refractivity contribution >= 4 is 41.4 Å². The first-order valence-electron chi connectivity index (χ1n) is 20.4. The van der Waals surface area contributed by atoms with Gasteiger partial charge in [-0.1, -0.05) is 38.5 Å². The molecule has 0 unspecified atom stereocenters. The Bertz CT molecular complexity index is 1110. The molecule has 17 nitrogen and oxygen atoms in total. The molecule has 0 aliphatic heterocycles. The molecular weight excluding hydrogens is 732 g/mol. The van der Waals surface area contributed by atoms with Crippen molar-refractivity contribution in [2.45, 2.75) is 134 Å². The Kier molecular flexibility index (Phi) is 34.5. The Morgan fingerprint density at radius 1 is 0.464 bits per heavy atom. The second-order valence-corrected chi connectivity index (χ2v) is 13.8. The van der Waals surface area contributed by atoms with Crippen LogP contribution >= 0.6 is 0 Å². The van der Waals surface area contributed by atoms with Crippen LogP contribution in [-0.2, 0) is 47.8 Å². The molecule has 3 amide bonds. The van der Waals surface area contributed by atoms with Crippen LogP contribution in [0.3, 0.4) is 0 Å². The average Bonchev–Trinajstić information content (AvgIpc) is 3.15. The molecule has 17 heteroatoms. The molecule has 0 radical (unpaired) electrons. The fourth-order valence-corrected chi connectivity index (χ4v) is 5.57. The van der Waals surface area contributed by atoms with E-state index in [1.54, 1.807) is 7.05 Å². The summed E-state index contributed by atoms with van der Waals surface area (Å²) < 4.78 is 16.5. The van der Waals surface area contributed by atoms with Gasteiger partial charge in [0.05, 0.1) is 32.3 Å². The van der Waals surface area contributed by atoms with E-state index in [4.69, 9.17) is 24.4 Å². The molecule has 0 aromatic rings. The van der Waals surface area contributed by atoms with Gasteiger partial charge >= 0.3 is 17.9 Å². The van der Waals surface area contributed by atoms with E-state index in [0.717, 1.165) is 57.8 Å². The summed E-state index contributed by atoms with van der Waals surface area (Å²) in [6, 6.07) is -0.646. The lowest BCUT2D eigenvalue weighted by Crippen LogP contribution is -2.34. The van der Waals surface area contributed by atoms with Crippen LogP contribution in [-0.4, -0.2) is 129 Å². The molecular formula is C39H70N4O13. The van der Waals surface area contributed by atoms with Crippen molar-refractivity contribution in [3.63, 3.8) is 0 Å². The largest absolute Gasteiger partial charge is 0.481 e. The summed E-state index contributed by atoms with van der Waals surface area (Å²) in [4.78, 5) is 81.6. The zero-order valence-electron chi connectivity index (χ0n) is 33.6. The fraction of sp³-hybridized carbons (Fsp3) is 0.821. The lowest BCUT2D eigenvalue weighted by Gasteiger charge is -2.12. The number of ether oxygens (including phenoxy) is 3. The van der Waals surface area contributed by atoms with Gasteiger partial charge < -0.3 is 50.8 Å². The summed E-state index contributed by atoms with van der Waals surface area (Å²) in [5, 5.41) is 38.1. The average molecular weight is 803 g/mol. The summed E-state index contributed by atoms with van der Waals surface area (Å²) in [5.41, 5.74) is 0. The van der Waals surface area contributed by atoms with Gasteiger partial charge in [-0.25, -0.2) is 0 Å². The van der Waals surface area contributed by atoms with Gasteiger partial charge in [0.2, 0.25) is 17.7 Å². The topological polar surface area (TPSA) is 256 Å². The molecule has 0 bridgehead atoms. The van der Waals surface area contributed by atoms with Crippen LogP contribution in [0.1, 0.15) is 128 Å². The van der Waals surface area contributed by atoms with E-state index >= 15 is 0 Å².